The quantitative estimate of drug-likeness (QED) is 0.244. The highest BCUT2D eigenvalue weighted by Gasteiger charge is 2.25. The molecular formula is C32H31BrN6O. The Kier molecular flexibility index (Phi) is 7.34. The lowest BCUT2D eigenvalue weighted by Crippen LogP contribution is -2.35. The van der Waals surface area contributed by atoms with Crippen LogP contribution in [0.3, 0.4) is 0 Å². The third kappa shape index (κ3) is 5.36. The van der Waals surface area contributed by atoms with Crippen molar-refractivity contribution < 1.29 is 4.79 Å². The maximum Gasteiger partial charge on any atom is 0.253 e. The molecule has 6 rings (SSSR count). The number of halogens is 1. The first-order chi connectivity index (χ1) is 19.5. The van der Waals surface area contributed by atoms with Gasteiger partial charge in [-0.3, -0.25) is 4.79 Å². The first kappa shape index (κ1) is 26.2. The van der Waals surface area contributed by atoms with Crippen LogP contribution in [0.1, 0.15) is 39.4 Å². The van der Waals surface area contributed by atoms with Crippen molar-refractivity contribution in [3.8, 4) is 5.69 Å². The summed E-state index contributed by atoms with van der Waals surface area (Å²) in [5, 5.41) is 5.87. The molecule has 0 N–H and O–H groups in total. The van der Waals surface area contributed by atoms with Crippen molar-refractivity contribution in [1.29, 1.82) is 0 Å². The molecule has 1 saturated heterocycles. The van der Waals surface area contributed by atoms with Gasteiger partial charge in [0.05, 0.1) is 16.8 Å². The number of rotatable bonds is 5. The molecule has 0 spiro atoms. The molecule has 1 aliphatic heterocycles. The van der Waals surface area contributed by atoms with Crippen LogP contribution < -0.4 is 4.90 Å². The largest absolute Gasteiger partial charge is 0.354 e. The van der Waals surface area contributed by atoms with Crippen molar-refractivity contribution in [2.75, 3.05) is 31.1 Å². The number of nitrogens with zero attached hydrogens (tertiary/aromatic N) is 6. The average Bonchev–Trinajstić information content (AvgIpc) is 3.13. The summed E-state index contributed by atoms with van der Waals surface area (Å²) >= 11 is 3.49. The third-order valence-electron chi connectivity index (χ3n) is 7.37. The van der Waals surface area contributed by atoms with Gasteiger partial charge in [0, 0.05) is 42.6 Å². The van der Waals surface area contributed by atoms with E-state index in [4.69, 9.17) is 15.1 Å². The fourth-order valence-electron chi connectivity index (χ4n) is 5.29. The zero-order valence-corrected chi connectivity index (χ0v) is 24.3. The minimum atomic E-state index is 0.0594. The predicted octanol–water partition coefficient (Wildman–Crippen LogP) is 6.14. The lowest BCUT2D eigenvalue weighted by molar-refractivity contribution is 0.0767. The molecule has 1 amide bonds. The van der Waals surface area contributed by atoms with E-state index in [1.165, 1.54) is 11.1 Å². The van der Waals surface area contributed by atoms with Crippen LogP contribution in [0.4, 0.5) is 5.82 Å². The molecule has 0 unspecified atom stereocenters. The van der Waals surface area contributed by atoms with Gasteiger partial charge in [-0.1, -0.05) is 70.0 Å². The molecule has 5 aromatic rings. The molecule has 1 aliphatic rings. The van der Waals surface area contributed by atoms with E-state index in [1.807, 2.05) is 71.1 Å². The molecule has 0 saturated carbocycles. The molecule has 0 atom stereocenters. The van der Waals surface area contributed by atoms with Gasteiger partial charge in [0.25, 0.3) is 5.91 Å². The second kappa shape index (κ2) is 11.2. The highest BCUT2D eigenvalue weighted by Crippen LogP contribution is 2.30. The molecule has 3 aromatic carbocycles. The van der Waals surface area contributed by atoms with E-state index in [0.717, 1.165) is 51.5 Å². The SMILES string of the molecule is Cc1ccc(Cc2nc(N3CCCN(C(=O)c4cccc(Br)c4)CC3)c3c(C)nn(-c4ccccc4)c3n2)cc1. The molecule has 2 aromatic heterocycles. The zero-order valence-electron chi connectivity index (χ0n) is 22.7. The maximum absolute atomic E-state index is 13.3. The van der Waals surface area contributed by atoms with Crippen molar-refractivity contribution in [3.63, 3.8) is 0 Å². The normalized spacial score (nSPS) is 14.0. The van der Waals surface area contributed by atoms with Gasteiger partial charge in [0.15, 0.2) is 5.65 Å². The lowest BCUT2D eigenvalue weighted by atomic mass is 10.1. The fourth-order valence-corrected chi connectivity index (χ4v) is 5.69. The van der Waals surface area contributed by atoms with Crippen molar-refractivity contribution in [1.82, 2.24) is 24.6 Å². The van der Waals surface area contributed by atoms with Gasteiger partial charge in [-0.05, 0) is 56.2 Å². The Bertz CT molecular complexity index is 1660. The van der Waals surface area contributed by atoms with Gasteiger partial charge in [0.1, 0.15) is 11.6 Å². The summed E-state index contributed by atoms with van der Waals surface area (Å²) in [6, 6.07) is 26.3. The fraction of sp³-hybridized carbons (Fsp3) is 0.250. The summed E-state index contributed by atoms with van der Waals surface area (Å²) in [5.74, 6) is 1.71. The Labute approximate surface area is 242 Å². The summed E-state index contributed by atoms with van der Waals surface area (Å²) in [5.41, 5.74) is 5.76. The van der Waals surface area contributed by atoms with Crippen molar-refractivity contribution in [2.45, 2.75) is 26.7 Å². The van der Waals surface area contributed by atoms with Crippen LogP contribution in [0.15, 0.2) is 83.3 Å². The number of benzene rings is 3. The number of anilines is 1. The lowest BCUT2D eigenvalue weighted by Gasteiger charge is -2.24. The van der Waals surface area contributed by atoms with Crippen LogP contribution in [0.5, 0.6) is 0 Å². The van der Waals surface area contributed by atoms with E-state index in [1.54, 1.807) is 0 Å². The van der Waals surface area contributed by atoms with E-state index in [2.05, 4.69) is 52.0 Å². The van der Waals surface area contributed by atoms with Crippen molar-refractivity contribution in [3.05, 3.63) is 112 Å². The van der Waals surface area contributed by atoms with E-state index in [0.29, 0.717) is 31.6 Å². The molecule has 7 nitrogen and oxygen atoms in total. The first-order valence-corrected chi connectivity index (χ1v) is 14.4. The number of amides is 1. The van der Waals surface area contributed by atoms with E-state index in [-0.39, 0.29) is 5.91 Å². The highest BCUT2D eigenvalue weighted by atomic mass is 79.9. The van der Waals surface area contributed by atoms with Crippen LogP contribution in [0, 0.1) is 13.8 Å². The average molecular weight is 596 g/mol. The predicted molar refractivity (Wildman–Crippen MR) is 162 cm³/mol. The summed E-state index contributed by atoms with van der Waals surface area (Å²) in [6.07, 6.45) is 1.48. The molecule has 40 heavy (non-hydrogen) atoms. The van der Waals surface area contributed by atoms with E-state index < -0.39 is 0 Å². The minimum Gasteiger partial charge on any atom is -0.354 e. The van der Waals surface area contributed by atoms with Gasteiger partial charge >= 0.3 is 0 Å². The minimum absolute atomic E-state index is 0.0594. The van der Waals surface area contributed by atoms with Crippen LogP contribution >= 0.6 is 15.9 Å². The van der Waals surface area contributed by atoms with Crippen LogP contribution in [0.2, 0.25) is 0 Å². The summed E-state index contributed by atoms with van der Waals surface area (Å²) < 4.78 is 2.83. The zero-order chi connectivity index (χ0) is 27.6. The topological polar surface area (TPSA) is 67.2 Å². The van der Waals surface area contributed by atoms with Gasteiger partial charge < -0.3 is 9.80 Å². The Balaban J connectivity index is 1.37. The molecule has 0 aliphatic carbocycles. The van der Waals surface area contributed by atoms with Gasteiger partial charge in [-0.2, -0.15) is 5.10 Å². The summed E-state index contributed by atoms with van der Waals surface area (Å²) in [6.45, 7) is 6.93. The molecule has 3 heterocycles. The standard InChI is InChI=1S/C32H31BrN6O/c1-22-12-14-24(15-13-22)20-28-34-30(29-23(2)36-39(31(29)35-28)27-10-4-3-5-11-27)37-16-7-17-38(19-18-37)32(40)25-8-6-9-26(33)21-25/h3-6,8-15,21H,7,16-20H2,1-2H3. The first-order valence-electron chi connectivity index (χ1n) is 13.6. The van der Waals surface area contributed by atoms with Gasteiger partial charge in [0.2, 0.25) is 0 Å². The number of aryl methyl sites for hydroxylation is 2. The Morgan fingerprint density at radius 1 is 0.875 bits per heavy atom. The smallest absolute Gasteiger partial charge is 0.253 e. The molecule has 202 valence electrons. The van der Waals surface area contributed by atoms with Crippen molar-refractivity contribution >= 4 is 38.7 Å². The second-order valence-electron chi connectivity index (χ2n) is 10.3. The molecular weight excluding hydrogens is 564 g/mol. The van der Waals surface area contributed by atoms with Crippen LogP contribution in [-0.2, 0) is 6.42 Å². The maximum atomic E-state index is 13.3. The molecule has 0 bridgehead atoms. The number of carbonyl (C=O) groups is 1. The van der Waals surface area contributed by atoms with E-state index in [9.17, 15) is 4.79 Å². The van der Waals surface area contributed by atoms with Crippen molar-refractivity contribution in [2.24, 2.45) is 0 Å². The van der Waals surface area contributed by atoms with Crippen LogP contribution in [-0.4, -0.2) is 56.7 Å². The number of carbonyl (C=O) groups excluding carboxylic acids is 1. The Morgan fingerprint density at radius 2 is 1.68 bits per heavy atom. The Morgan fingerprint density at radius 3 is 2.45 bits per heavy atom. The number of hydrogen-bond donors (Lipinski definition) is 0. The third-order valence-corrected chi connectivity index (χ3v) is 7.86. The second-order valence-corrected chi connectivity index (χ2v) is 11.2. The molecule has 0 radical (unpaired) electrons. The number of aromatic nitrogens is 4. The molecule has 1 fully saturated rings. The number of fused-ring (bicyclic) bond motifs is 1. The number of hydrogen-bond acceptors (Lipinski definition) is 5. The van der Waals surface area contributed by atoms with E-state index >= 15 is 0 Å². The summed E-state index contributed by atoms with van der Waals surface area (Å²) in [4.78, 5) is 27.8. The van der Waals surface area contributed by atoms with Crippen LogP contribution in [0.25, 0.3) is 16.7 Å². The highest BCUT2D eigenvalue weighted by molar-refractivity contribution is 9.10. The van der Waals surface area contributed by atoms with Gasteiger partial charge in [-0.25, -0.2) is 14.6 Å². The Hall–Kier alpha value is -4.04. The number of para-hydroxylation sites is 1. The monoisotopic (exact) mass is 594 g/mol. The van der Waals surface area contributed by atoms with Gasteiger partial charge in [-0.15, -0.1) is 0 Å². The molecule has 8 heteroatoms. The summed E-state index contributed by atoms with van der Waals surface area (Å²) in [7, 11) is 0.